The predicted molar refractivity (Wildman–Crippen MR) is 136 cm³/mol. The Balaban J connectivity index is 1.58. The summed E-state index contributed by atoms with van der Waals surface area (Å²) in [6.07, 6.45) is 4.07. The summed E-state index contributed by atoms with van der Waals surface area (Å²) in [5, 5.41) is 12.3. The van der Waals surface area contributed by atoms with Crippen LogP contribution in [0.25, 0.3) is 27.6 Å². The van der Waals surface area contributed by atoms with Crippen molar-refractivity contribution in [2.24, 2.45) is 0 Å². The van der Waals surface area contributed by atoms with Gasteiger partial charge in [0.1, 0.15) is 11.0 Å². The number of benzene rings is 2. The second-order valence-corrected chi connectivity index (χ2v) is 9.58. The van der Waals surface area contributed by atoms with Gasteiger partial charge in [-0.25, -0.2) is 4.98 Å². The monoisotopic (exact) mass is 491 g/mol. The Morgan fingerprint density at radius 1 is 1.20 bits per heavy atom. The molecule has 1 aliphatic heterocycles. The number of nitrogens with zero attached hydrogens (tertiary/aromatic N) is 4. The highest BCUT2D eigenvalue weighted by molar-refractivity contribution is 7.99. The highest BCUT2D eigenvalue weighted by Gasteiger charge is 2.26. The maximum absolute atomic E-state index is 13.6. The lowest BCUT2D eigenvalue weighted by Gasteiger charge is -2.35. The average molecular weight is 492 g/mol. The van der Waals surface area contributed by atoms with E-state index in [1.807, 2.05) is 29.2 Å². The molecule has 2 aromatic carbocycles. The van der Waals surface area contributed by atoms with Crippen molar-refractivity contribution in [1.82, 2.24) is 19.4 Å². The number of amides is 1. The number of thioether (sulfide) groups is 1. The van der Waals surface area contributed by atoms with Crippen LogP contribution in [0.4, 0.5) is 5.69 Å². The molecular weight excluding hydrogens is 466 g/mol. The molecule has 5 rings (SSSR count). The number of carbonyl (C=O) groups is 1. The second kappa shape index (κ2) is 9.53. The minimum absolute atomic E-state index is 0.0325. The summed E-state index contributed by atoms with van der Waals surface area (Å²) in [5.41, 5.74) is 1.75. The number of likely N-dealkylation sites (tertiary alicyclic amines) is 1. The van der Waals surface area contributed by atoms with Crippen molar-refractivity contribution >= 4 is 45.3 Å². The van der Waals surface area contributed by atoms with Crippen molar-refractivity contribution in [3.8, 4) is 5.69 Å². The molecule has 1 aliphatic rings. The van der Waals surface area contributed by atoms with Gasteiger partial charge in [0.15, 0.2) is 5.16 Å². The number of rotatable bonds is 6. The van der Waals surface area contributed by atoms with Crippen molar-refractivity contribution in [2.45, 2.75) is 43.8 Å². The van der Waals surface area contributed by atoms with Crippen LogP contribution in [-0.4, -0.2) is 48.6 Å². The molecule has 1 N–H and O–H groups in total. The second-order valence-electron chi connectivity index (χ2n) is 8.64. The van der Waals surface area contributed by atoms with Gasteiger partial charge in [0.2, 0.25) is 5.91 Å². The fourth-order valence-corrected chi connectivity index (χ4v) is 5.64. The van der Waals surface area contributed by atoms with Crippen LogP contribution in [0.1, 0.15) is 32.6 Å². The molecule has 180 valence electrons. The Morgan fingerprint density at radius 2 is 1.97 bits per heavy atom. The number of nitro benzene ring substituents is 1. The number of aromatic nitrogens is 3. The van der Waals surface area contributed by atoms with Crippen molar-refractivity contribution < 1.29 is 9.72 Å². The van der Waals surface area contributed by atoms with E-state index in [1.165, 1.54) is 40.6 Å². The van der Waals surface area contributed by atoms with Gasteiger partial charge in [-0.05, 0) is 43.9 Å². The SMILES string of the molecule is CCC1CCCCN1C(=O)CSc1nc2c([nH]c3ccccc32)c(=O)n1-c1ccc([N+](=O)[O-])cc1. The Bertz CT molecular complexity index is 1480. The lowest BCUT2D eigenvalue weighted by atomic mass is 10.0. The van der Waals surface area contributed by atoms with Gasteiger partial charge in [-0.1, -0.05) is 36.9 Å². The third-order valence-corrected chi connectivity index (χ3v) is 7.48. The smallest absolute Gasteiger partial charge is 0.283 e. The standard InChI is InChI=1S/C25H25N5O4S/c1-2-16-7-5-6-14-28(16)21(31)15-35-25-27-22-19-8-3-4-9-20(19)26-23(22)24(32)29(25)17-10-12-18(13-11-17)30(33)34/h3-4,8-13,16,26H,2,5-7,14-15H2,1H3. The summed E-state index contributed by atoms with van der Waals surface area (Å²) in [6, 6.07) is 13.6. The number of hydrogen-bond acceptors (Lipinski definition) is 6. The van der Waals surface area contributed by atoms with Gasteiger partial charge in [-0.15, -0.1) is 0 Å². The zero-order chi connectivity index (χ0) is 24.5. The number of H-pyrrole nitrogens is 1. The minimum atomic E-state index is -0.483. The van der Waals surface area contributed by atoms with E-state index < -0.39 is 4.92 Å². The molecule has 2 aromatic heterocycles. The van der Waals surface area contributed by atoms with E-state index in [0.29, 0.717) is 21.9 Å². The molecule has 35 heavy (non-hydrogen) atoms. The first-order chi connectivity index (χ1) is 17.0. The van der Waals surface area contributed by atoms with Crippen LogP contribution in [0.2, 0.25) is 0 Å². The topological polar surface area (TPSA) is 114 Å². The molecule has 0 radical (unpaired) electrons. The van der Waals surface area contributed by atoms with Gasteiger partial charge >= 0.3 is 0 Å². The summed E-state index contributed by atoms with van der Waals surface area (Å²) in [6.45, 7) is 2.85. The molecule has 0 saturated carbocycles. The first-order valence-electron chi connectivity index (χ1n) is 11.7. The number of nitrogens with one attached hydrogen (secondary N) is 1. The van der Waals surface area contributed by atoms with E-state index >= 15 is 0 Å². The normalized spacial score (nSPS) is 16.1. The maximum atomic E-state index is 13.6. The van der Waals surface area contributed by atoms with Crippen LogP contribution in [0.15, 0.2) is 58.5 Å². The Hall–Kier alpha value is -3.66. The minimum Gasteiger partial charge on any atom is -0.349 e. The number of fused-ring (bicyclic) bond motifs is 3. The van der Waals surface area contributed by atoms with Crippen molar-refractivity contribution in [2.75, 3.05) is 12.3 Å². The van der Waals surface area contributed by atoms with Gasteiger partial charge in [-0.2, -0.15) is 0 Å². The van der Waals surface area contributed by atoms with Gasteiger partial charge in [-0.3, -0.25) is 24.3 Å². The number of carbonyl (C=O) groups excluding carboxylic acids is 1. The molecule has 10 heteroatoms. The summed E-state index contributed by atoms with van der Waals surface area (Å²) in [5.74, 6) is 0.189. The molecule has 3 heterocycles. The zero-order valence-corrected chi connectivity index (χ0v) is 20.1. The fourth-order valence-electron chi connectivity index (χ4n) is 4.75. The van der Waals surface area contributed by atoms with Crippen LogP contribution in [0.3, 0.4) is 0 Å². The van der Waals surface area contributed by atoms with Crippen molar-refractivity contribution in [1.29, 1.82) is 0 Å². The molecule has 1 unspecified atom stereocenters. The summed E-state index contributed by atoms with van der Waals surface area (Å²) >= 11 is 1.22. The van der Waals surface area contributed by atoms with E-state index in [4.69, 9.17) is 4.98 Å². The van der Waals surface area contributed by atoms with E-state index in [0.717, 1.165) is 43.1 Å². The lowest BCUT2D eigenvalue weighted by molar-refractivity contribution is -0.384. The third-order valence-electron chi connectivity index (χ3n) is 6.56. The average Bonchev–Trinajstić information content (AvgIpc) is 3.26. The van der Waals surface area contributed by atoms with Gasteiger partial charge in [0.25, 0.3) is 11.2 Å². The number of piperidine rings is 1. The number of para-hydroxylation sites is 1. The van der Waals surface area contributed by atoms with Gasteiger partial charge in [0, 0.05) is 35.6 Å². The molecule has 9 nitrogen and oxygen atoms in total. The lowest BCUT2D eigenvalue weighted by Crippen LogP contribution is -2.44. The number of nitro groups is 1. The first-order valence-corrected chi connectivity index (χ1v) is 12.7. The molecule has 1 atom stereocenters. The molecule has 1 amide bonds. The Kier molecular flexibility index (Phi) is 6.29. The molecule has 0 bridgehead atoms. The van der Waals surface area contributed by atoms with Crippen LogP contribution in [0.5, 0.6) is 0 Å². The summed E-state index contributed by atoms with van der Waals surface area (Å²) in [7, 11) is 0. The maximum Gasteiger partial charge on any atom is 0.283 e. The molecule has 4 aromatic rings. The number of aromatic amines is 1. The third kappa shape index (κ3) is 4.29. The fraction of sp³-hybridized carbons (Fsp3) is 0.320. The quantitative estimate of drug-likeness (QED) is 0.182. The highest BCUT2D eigenvalue weighted by atomic mass is 32.2. The molecule has 1 saturated heterocycles. The van der Waals surface area contributed by atoms with Crippen LogP contribution in [0, 0.1) is 10.1 Å². The van der Waals surface area contributed by atoms with Crippen LogP contribution >= 0.6 is 11.8 Å². The predicted octanol–water partition coefficient (Wildman–Crippen LogP) is 4.66. The summed E-state index contributed by atoms with van der Waals surface area (Å²) < 4.78 is 1.42. The molecular formula is C25H25N5O4S. The molecule has 0 spiro atoms. The Labute approximate surface area is 205 Å². The summed E-state index contributed by atoms with van der Waals surface area (Å²) in [4.78, 5) is 47.3. The number of non-ortho nitro benzene ring substituents is 1. The van der Waals surface area contributed by atoms with Gasteiger partial charge in [0.05, 0.1) is 16.4 Å². The largest absolute Gasteiger partial charge is 0.349 e. The van der Waals surface area contributed by atoms with E-state index in [9.17, 15) is 19.7 Å². The van der Waals surface area contributed by atoms with Crippen molar-refractivity contribution in [3.63, 3.8) is 0 Å². The van der Waals surface area contributed by atoms with E-state index in [1.54, 1.807) is 0 Å². The highest BCUT2D eigenvalue weighted by Crippen LogP contribution is 2.28. The molecule has 1 fully saturated rings. The van der Waals surface area contributed by atoms with Gasteiger partial charge < -0.3 is 9.88 Å². The molecule has 0 aliphatic carbocycles. The zero-order valence-electron chi connectivity index (χ0n) is 19.3. The first kappa shape index (κ1) is 23.1. The van der Waals surface area contributed by atoms with Crippen molar-refractivity contribution in [3.05, 3.63) is 69.0 Å². The Morgan fingerprint density at radius 3 is 2.71 bits per heavy atom. The van der Waals surface area contributed by atoms with Crippen LogP contribution < -0.4 is 5.56 Å². The van der Waals surface area contributed by atoms with E-state index in [2.05, 4.69) is 11.9 Å². The number of hydrogen-bond donors (Lipinski definition) is 1. The van der Waals surface area contributed by atoms with Crippen LogP contribution in [-0.2, 0) is 4.79 Å². The van der Waals surface area contributed by atoms with E-state index in [-0.39, 0.29) is 28.9 Å².